The molecule has 1 aromatic heterocycles. The zero-order valence-electron chi connectivity index (χ0n) is 13.3. The summed E-state index contributed by atoms with van der Waals surface area (Å²) >= 11 is 0. The van der Waals surface area contributed by atoms with Crippen LogP contribution in [0.25, 0.3) is 5.69 Å². The summed E-state index contributed by atoms with van der Waals surface area (Å²) in [5.41, 5.74) is 6.36. The Bertz CT molecular complexity index is 686. The van der Waals surface area contributed by atoms with E-state index >= 15 is 0 Å². The number of aryl methyl sites for hydroxylation is 3. The lowest BCUT2D eigenvalue weighted by Crippen LogP contribution is -2.13. The molecule has 1 atom stereocenters. The first-order valence-electron chi connectivity index (χ1n) is 7.16. The zero-order chi connectivity index (χ0) is 15.7. The quantitative estimate of drug-likeness (QED) is 0.937. The molecule has 0 aliphatic carbocycles. The third-order valence-corrected chi connectivity index (χ3v) is 3.97. The van der Waals surface area contributed by atoms with Crippen LogP contribution in [0.3, 0.4) is 0 Å². The van der Waals surface area contributed by atoms with E-state index in [-0.39, 0.29) is 0 Å². The largest absolute Gasteiger partial charge is 0.481 e. The third kappa shape index (κ3) is 2.99. The van der Waals surface area contributed by atoms with E-state index in [1.807, 2.05) is 18.5 Å². The van der Waals surface area contributed by atoms with Crippen molar-refractivity contribution in [2.24, 2.45) is 5.92 Å². The van der Waals surface area contributed by atoms with Crippen LogP contribution >= 0.6 is 0 Å². The number of hydrogen-bond acceptors (Lipinski definition) is 2. The number of nitrogens with zero attached hydrogens (tertiary/aromatic N) is 2. The lowest BCUT2D eigenvalue weighted by Gasteiger charge is -2.10. The molecular weight excluding hydrogens is 264 g/mol. The summed E-state index contributed by atoms with van der Waals surface area (Å²) < 4.78 is 1.93. The van der Waals surface area contributed by atoms with Gasteiger partial charge in [0.05, 0.1) is 17.3 Å². The summed E-state index contributed by atoms with van der Waals surface area (Å²) in [7, 11) is 0. The predicted octanol–water partition coefficient (Wildman–Crippen LogP) is 3.37. The van der Waals surface area contributed by atoms with Gasteiger partial charge in [0.25, 0.3) is 0 Å². The Morgan fingerprint density at radius 3 is 2.57 bits per heavy atom. The van der Waals surface area contributed by atoms with Crippen molar-refractivity contribution >= 4 is 5.97 Å². The summed E-state index contributed by atoms with van der Waals surface area (Å²) in [5.74, 6) is -1.17. The molecule has 21 heavy (non-hydrogen) atoms. The summed E-state index contributed by atoms with van der Waals surface area (Å²) in [6, 6.07) is 6.28. The average Bonchev–Trinajstić information content (AvgIpc) is 2.69. The van der Waals surface area contributed by atoms with Crippen molar-refractivity contribution in [1.82, 2.24) is 9.78 Å². The van der Waals surface area contributed by atoms with Gasteiger partial charge < -0.3 is 5.11 Å². The second-order valence-corrected chi connectivity index (χ2v) is 5.79. The van der Waals surface area contributed by atoms with Crippen molar-refractivity contribution in [3.05, 3.63) is 46.3 Å². The molecule has 1 unspecified atom stereocenters. The molecule has 0 amide bonds. The number of hydrogen-bond donors (Lipinski definition) is 1. The molecule has 2 rings (SSSR count). The fraction of sp³-hybridized carbons (Fsp3) is 0.412. The molecule has 0 aliphatic rings. The van der Waals surface area contributed by atoms with Crippen LogP contribution in [0.4, 0.5) is 0 Å². The highest BCUT2D eigenvalue weighted by molar-refractivity contribution is 5.70. The van der Waals surface area contributed by atoms with Gasteiger partial charge in [-0.05, 0) is 56.9 Å². The van der Waals surface area contributed by atoms with Crippen LogP contribution in [-0.2, 0) is 11.2 Å². The highest BCUT2D eigenvalue weighted by atomic mass is 16.4. The van der Waals surface area contributed by atoms with Crippen molar-refractivity contribution in [3.63, 3.8) is 0 Å². The van der Waals surface area contributed by atoms with E-state index in [9.17, 15) is 4.79 Å². The molecule has 0 fully saturated rings. The summed E-state index contributed by atoms with van der Waals surface area (Å²) in [6.07, 6.45) is 0.512. The minimum atomic E-state index is -0.770. The number of benzene rings is 1. The van der Waals surface area contributed by atoms with Crippen LogP contribution in [0.15, 0.2) is 18.2 Å². The van der Waals surface area contributed by atoms with Gasteiger partial charge in [-0.15, -0.1) is 0 Å². The summed E-state index contributed by atoms with van der Waals surface area (Å²) in [5, 5.41) is 13.7. The molecule has 0 aliphatic heterocycles. The van der Waals surface area contributed by atoms with Crippen LogP contribution in [-0.4, -0.2) is 20.9 Å². The number of carboxylic acid groups (broad SMARTS) is 1. The van der Waals surface area contributed by atoms with Crippen molar-refractivity contribution in [2.75, 3.05) is 0 Å². The van der Waals surface area contributed by atoms with Crippen molar-refractivity contribution in [2.45, 2.75) is 41.0 Å². The number of carbonyl (C=O) groups is 1. The molecule has 1 aromatic carbocycles. The minimum absolute atomic E-state index is 0.404. The Kier molecular flexibility index (Phi) is 4.16. The molecule has 0 radical (unpaired) electrons. The SMILES string of the molecule is Cc1ccc(C)c(-n2nc(C)c(CC(C)C(=O)O)c2C)c1. The second kappa shape index (κ2) is 5.72. The highest BCUT2D eigenvalue weighted by Crippen LogP contribution is 2.23. The van der Waals surface area contributed by atoms with Gasteiger partial charge in [-0.1, -0.05) is 19.1 Å². The van der Waals surface area contributed by atoms with Crippen LogP contribution in [0.2, 0.25) is 0 Å². The number of aliphatic carboxylic acids is 1. The molecular formula is C17H22N2O2. The molecule has 2 aromatic rings. The smallest absolute Gasteiger partial charge is 0.306 e. The Hall–Kier alpha value is -2.10. The average molecular weight is 286 g/mol. The molecule has 1 N–H and O–H groups in total. The standard InChI is InChI=1S/C17H22N2O2/c1-10-6-7-11(2)16(8-10)19-14(5)15(13(4)18-19)9-12(3)17(20)21/h6-8,12H,9H2,1-5H3,(H,20,21). The summed E-state index contributed by atoms with van der Waals surface area (Å²) in [6.45, 7) is 9.80. The molecule has 0 saturated carbocycles. The minimum Gasteiger partial charge on any atom is -0.481 e. The van der Waals surface area contributed by atoms with Gasteiger partial charge in [-0.25, -0.2) is 4.68 Å². The maximum Gasteiger partial charge on any atom is 0.306 e. The van der Waals surface area contributed by atoms with Crippen LogP contribution in [0, 0.1) is 33.6 Å². The first-order chi connectivity index (χ1) is 9.81. The maximum absolute atomic E-state index is 11.1. The fourth-order valence-corrected chi connectivity index (χ4v) is 2.55. The normalized spacial score (nSPS) is 12.4. The first-order valence-corrected chi connectivity index (χ1v) is 7.16. The number of aromatic nitrogens is 2. The Labute approximate surface area is 125 Å². The van der Waals surface area contributed by atoms with Gasteiger partial charge in [-0.2, -0.15) is 5.10 Å². The lowest BCUT2D eigenvalue weighted by atomic mass is 10.00. The topological polar surface area (TPSA) is 55.1 Å². The van der Waals surface area contributed by atoms with E-state index in [0.717, 1.165) is 28.2 Å². The molecule has 112 valence electrons. The first kappa shape index (κ1) is 15.3. The van der Waals surface area contributed by atoms with Crippen LogP contribution in [0.1, 0.15) is 35.0 Å². The second-order valence-electron chi connectivity index (χ2n) is 5.79. The zero-order valence-corrected chi connectivity index (χ0v) is 13.3. The van der Waals surface area contributed by atoms with E-state index in [2.05, 4.69) is 37.1 Å². The molecule has 1 heterocycles. The van der Waals surface area contributed by atoms with E-state index < -0.39 is 11.9 Å². The van der Waals surface area contributed by atoms with Crippen LogP contribution < -0.4 is 0 Å². The number of rotatable bonds is 4. The molecule has 4 heteroatoms. The summed E-state index contributed by atoms with van der Waals surface area (Å²) in [4.78, 5) is 11.1. The maximum atomic E-state index is 11.1. The van der Waals surface area contributed by atoms with Gasteiger partial charge in [0.15, 0.2) is 0 Å². The van der Waals surface area contributed by atoms with Gasteiger partial charge in [0.2, 0.25) is 0 Å². The highest BCUT2D eigenvalue weighted by Gasteiger charge is 2.19. The molecule has 0 bridgehead atoms. The van der Waals surface area contributed by atoms with Crippen molar-refractivity contribution < 1.29 is 9.90 Å². The molecule has 0 saturated heterocycles. The van der Waals surface area contributed by atoms with E-state index in [4.69, 9.17) is 5.11 Å². The van der Waals surface area contributed by atoms with Crippen molar-refractivity contribution in [1.29, 1.82) is 0 Å². The van der Waals surface area contributed by atoms with Gasteiger partial charge in [0, 0.05) is 5.69 Å². The van der Waals surface area contributed by atoms with Gasteiger partial charge in [0.1, 0.15) is 0 Å². The van der Waals surface area contributed by atoms with Gasteiger partial charge in [-0.3, -0.25) is 4.79 Å². The van der Waals surface area contributed by atoms with E-state index in [1.165, 1.54) is 5.56 Å². The molecule has 0 spiro atoms. The van der Waals surface area contributed by atoms with Gasteiger partial charge >= 0.3 is 5.97 Å². The van der Waals surface area contributed by atoms with E-state index in [1.54, 1.807) is 6.92 Å². The monoisotopic (exact) mass is 286 g/mol. The Morgan fingerprint density at radius 1 is 1.29 bits per heavy atom. The number of carboxylic acids is 1. The van der Waals surface area contributed by atoms with E-state index in [0.29, 0.717) is 6.42 Å². The third-order valence-electron chi connectivity index (χ3n) is 3.97. The molecule has 4 nitrogen and oxygen atoms in total. The predicted molar refractivity (Wildman–Crippen MR) is 83.0 cm³/mol. The van der Waals surface area contributed by atoms with Crippen molar-refractivity contribution in [3.8, 4) is 5.69 Å². The van der Waals surface area contributed by atoms with Crippen LogP contribution in [0.5, 0.6) is 0 Å². The Morgan fingerprint density at radius 2 is 1.95 bits per heavy atom. The fourth-order valence-electron chi connectivity index (χ4n) is 2.55. The lowest BCUT2D eigenvalue weighted by molar-refractivity contribution is -0.141. The Balaban J connectivity index is 2.48.